The Labute approximate surface area is 163 Å². The van der Waals surface area contributed by atoms with Gasteiger partial charge in [0.25, 0.3) is 0 Å². The van der Waals surface area contributed by atoms with Crippen LogP contribution in [0.1, 0.15) is 41.6 Å². The van der Waals surface area contributed by atoms with Gasteiger partial charge in [-0.1, -0.05) is 36.4 Å². The Morgan fingerprint density at radius 2 is 1.64 bits per heavy atom. The molecule has 0 saturated heterocycles. The van der Waals surface area contributed by atoms with Crippen LogP contribution < -0.4 is 4.74 Å². The molecular weight excluding hydrogens is 364 g/mol. The highest BCUT2D eigenvalue weighted by Crippen LogP contribution is 2.32. The van der Waals surface area contributed by atoms with Crippen molar-refractivity contribution in [3.8, 4) is 5.75 Å². The number of ether oxygens (including phenoxy) is 4. The first kappa shape index (κ1) is 21.4. The van der Waals surface area contributed by atoms with Crippen molar-refractivity contribution in [2.24, 2.45) is 0 Å². The largest absolute Gasteiger partial charge is 0.481 e. The molecule has 0 atom stereocenters. The van der Waals surface area contributed by atoms with Crippen molar-refractivity contribution in [1.82, 2.24) is 0 Å². The third-order valence-electron chi connectivity index (χ3n) is 3.76. The number of hydrogen-bond acceptors (Lipinski definition) is 6. The first-order valence-corrected chi connectivity index (χ1v) is 8.98. The van der Waals surface area contributed by atoms with Crippen LogP contribution in [0.15, 0.2) is 48.5 Å². The van der Waals surface area contributed by atoms with Gasteiger partial charge in [0, 0.05) is 13.2 Å². The molecule has 2 aromatic rings. The van der Waals surface area contributed by atoms with Crippen LogP contribution in [0.25, 0.3) is 0 Å². The van der Waals surface area contributed by atoms with Crippen molar-refractivity contribution in [3.63, 3.8) is 0 Å². The van der Waals surface area contributed by atoms with Crippen LogP contribution in [0.5, 0.6) is 5.75 Å². The molecular formula is C21H24O7. The summed E-state index contributed by atoms with van der Waals surface area (Å²) in [5, 5.41) is 9.50. The number of esters is 1. The molecule has 0 spiro atoms. The number of carbonyl (C=O) groups is 2. The number of carboxylic acid groups (broad SMARTS) is 1. The lowest BCUT2D eigenvalue weighted by Gasteiger charge is -2.22. The summed E-state index contributed by atoms with van der Waals surface area (Å²) in [5.74, 6) is -1.51. The summed E-state index contributed by atoms with van der Waals surface area (Å²) in [6.07, 6.45) is -0.919. The second-order valence-electron chi connectivity index (χ2n) is 5.70. The molecule has 0 aromatic heterocycles. The lowest BCUT2D eigenvalue weighted by atomic mass is 10.1. The van der Waals surface area contributed by atoms with E-state index in [0.29, 0.717) is 13.2 Å². The van der Waals surface area contributed by atoms with Gasteiger partial charge in [-0.05, 0) is 31.5 Å². The number of aromatic carboxylic acids is 1. The Morgan fingerprint density at radius 1 is 0.964 bits per heavy atom. The summed E-state index contributed by atoms with van der Waals surface area (Å²) >= 11 is 0. The van der Waals surface area contributed by atoms with Crippen molar-refractivity contribution in [3.05, 3.63) is 65.2 Å². The maximum atomic E-state index is 12.0. The van der Waals surface area contributed by atoms with Crippen LogP contribution in [0.4, 0.5) is 0 Å². The maximum Gasteiger partial charge on any atom is 0.344 e. The highest BCUT2D eigenvalue weighted by molar-refractivity contribution is 5.90. The highest BCUT2D eigenvalue weighted by atomic mass is 16.7. The maximum absolute atomic E-state index is 12.0. The zero-order chi connectivity index (χ0) is 20.4. The van der Waals surface area contributed by atoms with Crippen molar-refractivity contribution in [1.29, 1.82) is 0 Å². The smallest absolute Gasteiger partial charge is 0.344 e. The minimum Gasteiger partial charge on any atom is -0.481 e. The number of hydrogen-bond donors (Lipinski definition) is 1. The zero-order valence-electron chi connectivity index (χ0n) is 15.9. The van der Waals surface area contributed by atoms with E-state index in [9.17, 15) is 14.7 Å². The third-order valence-corrected chi connectivity index (χ3v) is 3.76. The van der Waals surface area contributed by atoms with Gasteiger partial charge in [-0.3, -0.25) is 0 Å². The van der Waals surface area contributed by atoms with Crippen LogP contribution in [0.3, 0.4) is 0 Å². The van der Waals surface area contributed by atoms with Crippen LogP contribution in [-0.4, -0.2) is 36.9 Å². The summed E-state index contributed by atoms with van der Waals surface area (Å²) in [4.78, 5) is 23.6. The van der Waals surface area contributed by atoms with Crippen LogP contribution in [-0.2, 0) is 25.6 Å². The van der Waals surface area contributed by atoms with Gasteiger partial charge in [0.15, 0.2) is 12.9 Å². The van der Waals surface area contributed by atoms with Crippen LogP contribution >= 0.6 is 0 Å². The SMILES string of the molecule is CCOC(OCC)c1c(OCC(=O)OCc2ccccc2)cccc1C(=O)O. The topological polar surface area (TPSA) is 91.3 Å². The van der Waals surface area contributed by atoms with Gasteiger partial charge in [0.1, 0.15) is 12.4 Å². The summed E-state index contributed by atoms with van der Waals surface area (Å²) in [6.45, 7) is 3.95. The van der Waals surface area contributed by atoms with Gasteiger partial charge >= 0.3 is 11.9 Å². The van der Waals surface area contributed by atoms with Crippen molar-refractivity contribution in [2.45, 2.75) is 26.7 Å². The Balaban J connectivity index is 2.12. The normalized spacial score (nSPS) is 10.7. The molecule has 0 aliphatic rings. The fraction of sp³-hybridized carbons (Fsp3) is 0.333. The number of carboxylic acids is 1. The Kier molecular flexibility index (Phi) is 8.45. The van der Waals surface area contributed by atoms with Crippen molar-refractivity contribution in [2.75, 3.05) is 19.8 Å². The fourth-order valence-electron chi connectivity index (χ4n) is 2.53. The Morgan fingerprint density at radius 3 is 2.25 bits per heavy atom. The molecule has 2 rings (SSSR count). The van der Waals surface area contributed by atoms with Gasteiger partial charge in [0.05, 0.1) is 11.1 Å². The lowest BCUT2D eigenvalue weighted by Crippen LogP contribution is -2.19. The summed E-state index contributed by atoms with van der Waals surface area (Å²) in [5.41, 5.74) is 1.08. The fourth-order valence-corrected chi connectivity index (χ4v) is 2.53. The second kappa shape index (κ2) is 11.1. The van der Waals surface area contributed by atoms with Gasteiger partial charge in [-0.25, -0.2) is 9.59 Å². The second-order valence-corrected chi connectivity index (χ2v) is 5.70. The van der Waals surface area contributed by atoms with E-state index < -0.39 is 18.2 Å². The van der Waals surface area contributed by atoms with E-state index in [1.165, 1.54) is 12.1 Å². The monoisotopic (exact) mass is 388 g/mol. The molecule has 7 nitrogen and oxygen atoms in total. The van der Waals surface area contributed by atoms with Gasteiger partial charge in [-0.2, -0.15) is 0 Å². The highest BCUT2D eigenvalue weighted by Gasteiger charge is 2.25. The quantitative estimate of drug-likeness (QED) is 0.465. The van der Waals surface area contributed by atoms with E-state index in [4.69, 9.17) is 18.9 Å². The first-order valence-electron chi connectivity index (χ1n) is 8.98. The van der Waals surface area contributed by atoms with Crippen molar-refractivity contribution < 1.29 is 33.6 Å². The number of rotatable bonds is 11. The average Bonchev–Trinajstić information content (AvgIpc) is 2.71. The van der Waals surface area contributed by atoms with Gasteiger partial charge < -0.3 is 24.1 Å². The molecule has 0 bridgehead atoms. The summed E-state index contributed by atoms with van der Waals surface area (Å²) in [7, 11) is 0. The number of carbonyl (C=O) groups excluding carboxylic acids is 1. The van der Waals surface area contributed by atoms with Crippen LogP contribution in [0.2, 0.25) is 0 Å². The van der Waals surface area contributed by atoms with Crippen LogP contribution in [0, 0.1) is 0 Å². The molecule has 0 heterocycles. The molecule has 0 saturated carbocycles. The van der Waals surface area contributed by atoms with E-state index in [2.05, 4.69) is 0 Å². The molecule has 0 fully saturated rings. The van der Waals surface area contributed by atoms with E-state index >= 15 is 0 Å². The van der Waals surface area contributed by atoms with E-state index in [1.807, 2.05) is 30.3 Å². The molecule has 0 amide bonds. The zero-order valence-corrected chi connectivity index (χ0v) is 15.9. The molecule has 28 heavy (non-hydrogen) atoms. The predicted octanol–water partition coefficient (Wildman–Crippen LogP) is 3.58. The standard InChI is InChI=1S/C21H24O7/c1-3-25-21(26-4-2)19-16(20(23)24)11-8-12-17(19)27-14-18(22)28-13-15-9-6-5-7-10-15/h5-12,21H,3-4,13-14H2,1-2H3,(H,23,24). The number of benzene rings is 2. The predicted molar refractivity (Wildman–Crippen MR) is 101 cm³/mol. The molecule has 0 aliphatic heterocycles. The third kappa shape index (κ3) is 6.07. The van der Waals surface area contributed by atoms with E-state index in [1.54, 1.807) is 19.9 Å². The Hall–Kier alpha value is -2.90. The average molecular weight is 388 g/mol. The lowest BCUT2D eigenvalue weighted by molar-refractivity contribution is -0.148. The molecule has 0 radical (unpaired) electrons. The van der Waals surface area contributed by atoms with Gasteiger partial charge in [-0.15, -0.1) is 0 Å². The Bertz CT molecular complexity index is 768. The molecule has 2 aromatic carbocycles. The van der Waals surface area contributed by atoms with Crippen molar-refractivity contribution >= 4 is 11.9 Å². The summed E-state index contributed by atoms with van der Waals surface area (Å²) in [6, 6.07) is 13.8. The molecule has 1 N–H and O–H groups in total. The van der Waals surface area contributed by atoms with E-state index in [-0.39, 0.29) is 30.1 Å². The molecule has 0 unspecified atom stereocenters. The van der Waals surface area contributed by atoms with Gasteiger partial charge in [0.2, 0.25) is 0 Å². The minimum absolute atomic E-state index is 0.0120. The molecule has 150 valence electrons. The minimum atomic E-state index is -1.14. The summed E-state index contributed by atoms with van der Waals surface area (Å²) < 4.78 is 21.8. The first-order chi connectivity index (χ1) is 13.6. The molecule has 0 aliphatic carbocycles. The van der Waals surface area contributed by atoms with E-state index in [0.717, 1.165) is 5.56 Å². The molecule has 7 heteroatoms.